The fourth-order valence-corrected chi connectivity index (χ4v) is 2.85. The van der Waals surface area contributed by atoms with E-state index in [9.17, 15) is 8.42 Å². The van der Waals surface area contributed by atoms with Crippen LogP contribution >= 0.6 is 15.9 Å². The molecule has 0 saturated heterocycles. The van der Waals surface area contributed by atoms with Crippen molar-refractivity contribution in [2.45, 2.75) is 4.90 Å². The lowest BCUT2D eigenvalue weighted by Gasteiger charge is -2.11. The van der Waals surface area contributed by atoms with E-state index in [2.05, 4.69) is 25.6 Å². The number of methoxy groups -OCH3 is 1. The van der Waals surface area contributed by atoms with Gasteiger partial charge >= 0.3 is 0 Å². The molecule has 0 amide bonds. The van der Waals surface area contributed by atoms with Crippen LogP contribution in [0.5, 0.6) is 5.88 Å². The quantitative estimate of drug-likeness (QED) is 0.646. The second kappa shape index (κ2) is 5.68. The van der Waals surface area contributed by atoms with Crippen molar-refractivity contribution in [1.82, 2.24) is 4.98 Å². The lowest BCUT2D eigenvalue weighted by atomic mass is 10.3. The van der Waals surface area contributed by atoms with Gasteiger partial charge in [0.2, 0.25) is 5.88 Å². The van der Waals surface area contributed by atoms with Crippen molar-refractivity contribution in [3.8, 4) is 5.88 Å². The molecule has 1 heterocycles. The molecule has 0 spiro atoms. The number of nitrogens with zero attached hydrogens (tertiary/aromatic N) is 1. The molecule has 0 unspecified atom stereocenters. The molecule has 1 aromatic carbocycles. The van der Waals surface area contributed by atoms with Crippen molar-refractivity contribution in [2.75, 3.05) is 17.6 Å². The van der Waals surface area contributed by atoms with Crippen LogP contribution in [0.15, 0.2) is 45.9 Å². The van der Waals surface area contributed by atoms with Crippen molar-refractivity contribution in [3.05, 3.63) is 41.0 Å². The third kappa shape index (κ3) is 3.20. The van der Waals surface area contributed by atoms with Gasteiger partial charge in [0.25, 0.3) is 10.0 Å². The third-order valence-corrected chi connectivity index (χ3v) is 4.28. The Morgan fingerprint density at radius 3 is 2.45 bits per heavy atom. The minimum atomic E-state index is -3.72. The van der Waals surface area contributed by atoms with Crippen LogP contribution in [0.3, 0.4) is 0 Å². The van der Waals surface area contributed by atoms with E-state index in [-0.39, 0.29) is 16.5 Å². The molecule has 0 fully saturated rings. The maximum Gasteiger partial charge on any atom is 0.262 e. The van der Waals surface area contributed by atoms with Gasteiger partial charge < -0.3 is 10.5 Å². The topological polar surface area (TPSA) is 94.3 Å². The maximum atomic E-state index is 12.2. The number of pyridine rings is 1. The smallest absolute Gasteiger partial charge is 0.262 e. The predicted octanol–water partition coefficient (Wildman–Crippen LogP) is 2.24. The van der Waals surface area contributed by atoms with Crippen molar-refractivity contribution < 1.29 is 13.2 Å². The van der Waals surface area contributed by atoms with E-state index in [0.717, 1.165) is 0 Å². The summed E-state index contributed by atoms with van der Waals surface area (Å²) < 4.78 is 32.4. The molecule has 1 aromatic heterocycles. The zero-order valence-corrected chi connectivity index (χ0v) is 12.9. The van der Waals surface area contributed by atoms with Gasteiger partial charge in [-0.15, -0.1) is 0 Å². The molecule has 2 rings (SSSR count). The summed E-state index contributed by atoms with van der Waals surface area (Å²) in [6.45, 7) is 0. The van der Waals surface area contributed by atoms with E-state index in [0.29, 0.717) is 10.3 Å². The van der Waals surface area contributed by atoms with Gasteiger partial charge in [-0.3, -0.25) is 4.72 Å². The van der Waals surface area contributed by atoms with Crippen molar-refractivity contribution >= 4 is 37.3 Å². The Balaban J connectivity index is 2.35. The molecule has 0 aliphatic carbocycles. The van der Waals surface area contributed by atoms with Crippen LogP contribution in [-0.2, 0) is 10.0 Å². The molecular formula is C12H12BrN3O3S. The number of nitrogen functional groups attached to an aromatic ring is 1. The van der Waals surface area contributed by atoms with E-state index < -0.39 is 10.0 Å². The highest BCUT2D eigenvalue weighted by Crippen LogP contribution is 2.26. The molecule has 6 nitrogen and oxygen atoms in total. The average Bonchev–Trinajstić information content (AvgIpc) is 2.41. The molecule has 20 heavy (non-hydrogen) atoms. The second-order valence-corrected chi connectivity index (χ2v) is 6.36. The Morgan fingerprint density at radius 2 is 1.85 bits per heavy atom. The first-order chi connectivity index (χ1) is 9.42. The number of sulfonamides is 1. The van der Waals surface area contributed by atoms with E-state index in [1.54, 1.807) is 12.1 Å². The highest BCUT2D eigenvalue weighted by molar-refractivity contribution is 9.10. The molecule has 0 aliphatic rings. The van der Waals surface area contributed by atoms with Gasteiger partial charge in [0.05, 0.1) is 12.0 Å². The van der Waals surface area contributed by atoms with Gasteiger partial charge in [-0.1, -0.05) is 0 Å². The number of benzene rings is 1. The Kier molecular flexibility index (Phi) is 4.15. The van der Waals surface area contributed by atoms with E-state index in [4.69, 9.17) is 10.5 Å². The minimum absolute atomic E-state index is 0.108. The predicted molar refractivity (Wildman–Crippen MR) is 80.2 cm³/mol. The number of halogens is 1. The SMILES string of the molecule is COc1nc(Br)ccc1NS(=O)(=O)c1ccc(N)cc1. The summed E-state index contributed by atoms with van der Waals surface area (Å²) in [5, 5.41) is 0. The van der Waals surface area contributed by atoms with Crippen LogP contribution in [0.1, 0.15) is 0 Å². The minimum Gasteiger partial charge on any atom is -0.479 e. The first kappa shape index (κ1) is 14.6. The molecule has 8 heteroatoms. The molecule has 2 aromatic rings. The summed E-state index contributed by atoms with van der Waals surface area (Å²) in [6.07, 6.45) is 0. The molecule has 0 radical (unpaired) electrons. The number of nitrogens with two attached hydrogens (primary N) is 1. The molecule has 106 valence electrons. The first-order valence-corrected chi connectivity index (χ1v) is 7.79. The molecule has 0 aliphatic heterocycles. The second-order valence-electron chi connectivity index (χ2n) is 3.87. The van der Waals surface area contributed by atoms with Crippen molar-refractivity contribution in [1.29, 1.82) is 0 Å². The maximum absolute atomic E-state index is 12.2. The van der Waals surface area contributed by atoms with Crippen LogP contribution in [0.25, 0.3) is 0 Å². The fraction of sp³-hybridized carbons (Fsp3) is 0.0833. The van der Waals surface area contributed by atoms with Crippen molar-refractivity contribution in [3.63, 3.8) is 0 Å². The number of rotatable bonds is 4. The Hall–Kier alpha value is -1.80. The first-order valence-electron chi connectivity index (χ1n) is 5.51. The molecule has 0 atom stereocenters. The number of nitrogens with one attached hydrogen (secondary N) is 1. The molecular weight excluding hydrogens is 346 g/mol. The third-order valence-electron chi connectivity index (χ3n) is 2.45. The van der Waals surface area contributed by atoms with Crippen LogP contribution in [-0.4, -0.2) is 20.5 Å². The fourth-order valence-electron chi connectivity index (χ4n) is 1.50. The largest absolute Gasteiger partial charge is 0.479 e. The van der Waals surface area contributed by atoms with Crippen LogP contribution in [0.4, 0.5) is 11.4 Å². The highest BCUT2D eigenvalue weighted by Gasteiger charge is 2.17. The van der Waals surface area contributed by atoms with Gasteiger partial charge in [-0.05, 0) is 52.3 Å². The summed E-state index contributed by atoms with van der Waals surface area (Å²) in [5.41, 5.74) is 6.28. The summed E-state index contributed by atoms with van der Waals surface area (Å²) >= 11 is 3.19. The Labute approximate surface area is 125 Å². The van der Waals surface area contributed by atoms with Crippen LogP contribution in [0.2, 0.25) is 0 Å². The monoisotopic (exact) mass is 357 g/mol. The van der Waals surface area contributed by atoms with Crippen LogP contribution in [0, 0.1) is 0 Å². The summed E-state index contributed by atoms with van der Waals surface area (Å²) in [7, 11) is -2.30. The van der Waals surface area contributed by atoms with Gasteiger partial charge in [-0.2, -0.15) is 0 Å². The van der Waals surface area contributed by atoms with E-state index in [1.807, 2.05) is 0 Å². The van der Waals surface area contributed by atoms with Gasteiger partial charge in [0.1, 0.15) is 10.3 Å². The number of ether oxygens (including phenoxy) is 1. The Bertz CT molecular complexity index is 717. The number of aromatic nitrogens is 1. The van der Waals surface area contributed by atoms with Crippen molar-refractivity contribution in [2.24, 2.45) is 0 Å². The summed E-state index contributed by atoms with van der Waals surface area (Å²) in [4.78, 5) is 4.14. The van der Waals surface area contributed by atoms with Gasteiger partial charge in [0.15, 0.2) is 0 Å². The summed E-state index contributed by atoms with van der Waals surface area (Å²) in [5.74, 6) is 0.179. The van der Waals surface area contributed by atoms with Gasteiger partial charge in [-0.25, -0.2) is 13.4 Å². The highest BCUT2D eigenvalue weighted by atomic mass is 79.9. The lowest BCUT2D eigenvalue weighted by molar-refractivity contribution is 0.399. The lowest BCUT2D eigenvalue weighted by Crippen LogP contribution is -2.14. The van der Waals surface area contributed by atoms with Gasteiger partial charge in [0, 0.05) is 5.69 Å². The van der Waals surface area contributed by atoms with Crippen LogP contribution < -0.4 is 15.2 Å². The van der Waals surface area contributed by atoms with E-state index >= 15 is 0 Å². The Morgan fingerprint density at radius 1 is 1.20 bits per heavy atom. The summed E-state index contributed by atoms with van der Waals surface area (Å²) in [6, 6.07) is 9.07. The normalized spacial score (nSPS) is 11.1. The molecule has 0 saturated carbocycles. The zero-order chi connectivity index (χ0) is 14.8. The zero-order valence-electron chi connectivity index (χ0n) is 10.5. The number of hydrogen-bond acceptors (Lipinski definition) is 5. The molecule has 3 N–H and O–H groups in total. The number of anilines is 2. The molecule has 0 bridgehead atoms. The average molecular weight is 358 g/mol. The van der Waals surface area contributed by atoms with E-state index in [1.165, 1.54) is 31.4 Å². The number of hydrogen-bond donors (Lipinski definition) is 2. The standard InChI is InChI=1S/C12H12BrN3O3S/c1-19-12-10(6-7-11(13)15-12)16-20(17,18)9-4-2-8(14)3-5-9/h2-7,16H,14H2,1H3.